The summed E-state index contributed by atoms with van der Waals surface area (Å²) in [6.07, 6.45) is 14.8. The zero-order valence-corrected chi connectivity index (χ0v) is 27.7. The SMILES string of the molecule is CCCC[N+](CCCC)(CCCC)CCCC.CCCC[PH](c1ccccc1)(c1ccccc1)c1ccccc1. The van der Waals surface area contributed by atoms with Crippen LogP contribution in [-0.4, -0.2) is 36.8 Å². The van der Waals surface area contributed by atoms with Crippen LogP contribution in [0.1, 0.15) is 98.8 Å². The molecule has 2 heteroatoms. The van der Waals surface area contributed by atoms with E-state index in [4.69, 9.17) is 0 Å². The number of nitrogens with zero attached hydrogens (tertiary/aromatic N) is 1. The van der Waals surface area contributed by atoms with E-state index in [1.54, 1.807) is 0 Å². The molecule has 0 N–H and O–H groups in total. The number of hydrogen-bond donors (Lipinski definition) is 0. The van der Waals surface area contributed by atoms with Crippen LogP contribution < -0.4 is 15.9 Å². The van der Waals surface area contributed by atoms with E-state index in [1.165, 1.54) is 117 Å². The van der Waals surface area contributed by atoms with Crippen LogP contribution in [0.3, 0.4) is 0 Å². The molecule has 0 aromatic heterocycles. The van der Waals surface area contributed by atoms with Crippen LogP contribution in [0.5, 0.6) is 0 Å². The van der Waals surface area contributed by atoms with E-state index in [2.05, 4.69) is 126 Å². The van der Waals surface area contributed by atoms with E-state index in [-0.39, 0.29) is 0 Å². The van der Waals surface area contributed by atoms with Gasteiger partial charge in [-0.25, -0.2) is 0 Å². The first-order chi connectivity index (χ1) is 19.6. The Morgan fingerprint density at radius 3 is 0.925 bits per heavy atom. The zero-order chi connectivity index (χ0) is 28.9. The Kier molecular flexibility index (Phi) is 17.1. The molecule has 0 atom stereocenters. The molecule has 0 bridgehead atoms. The van der Waals surface area contributed by atoms with Crippen LogP contribution in [0.4, 0.5) is 0 Å². The molecule has 3 aromatic carbocycles. The zero-order valence-electron chi connectivity index (χ0n) is 26.7. The summed E-state index contributed by atoms with van der Waals surface area (Å²) < 4.78 is 1.42. The summed E-state index contributed by atoms with van der Waals surface area (Å²) in [5, 5.41) is 4.56. The van der Waals surface area contributed by atoms with E-state index in [0.717, 1.165) is 0 Å². The molecular formula is C38H61NP+. The minimum absolute atomic E-state index is 1.24. The molecule has 0 spiro atoms. The number of benzene rings is 3. The van der Waals surface area contributed by atoms with Crippen molar-refractivity contribution in [2.75, 3.05) is 32.3 Å². The third-order valence-electron chi connectivity index (χ3n) is 8.65. The first-order valence-corrected chi connectivity index (χ1v) is 18.8. The maximum atomic E-state index is 2.34. The maximum absolute atomic E-state index is 2.34. The van der Waals surface area contributed by atoms with Crippen LogP contribution in [0.15, 0.2) is 91.0 Å². The standard InChI is InChI=1S/C22H25P.C16H36N/c1-2-3-19-23(20-13-7-4-8-14-20,21-15-9-5-10-16-21)22-17-11-6-12-18-22;1-5-9-13-17(14-10-6-2,15-11-7-3)16-12-8-4/h4-18,23H,2-3,19H2,1H3;5-16H2,1-4H3/q;+1. The molecule has 0 unspecified atom stereocenters. The quantitative estimate of drug-likeness (QED) is 0.107. The third-order valence-corrected chi connectivity index (χ3v) is 13.7. The predicted molar refractivity (Wildman–Crippen MR) is 186 cm³/mol. The van der Waals surface area contributed by atoms with Gasteiger partial charge in [-0.15, -0.1) is 0 Å². The molecule has 40 heavy (non-hydrogen) atoms. The molecule has 0 aliphatic rings. The van der Waals surface area contributed by atoms with Gasteiger partial charge in [-0.1, -0.05) is 53.4 Å². The molecule has 0 aliphatic carbocycles. The molecule has 0 aliphatic heterocycles. The minimum atomic E-state index is -1.94. The van der Waals surface area contributed by atoms with Gasteiger partial charge in [0.2, 0.25) is 0 Å². The Bertz CT molecular complexity index is 852. The van der Waals surface area contributed by atoms with Crippen molar-refractivity contribution in [2.45, 2.75) is 98.8 Å². The fraction of sp³-hybridized carbons (Fsp3) is 0.526. The topological polar surface area (TPSA) is 0 Å². The summed E-state index contributed by atoms with van der Waals surface area (Å²) in [5.74, 6) is 0. The number of unbranched alkanes of at least 4 members (excludes halogenated alkanes) is 5. The molecule has 0 radical (unpaired) electrons. The summed E-state index contributed by atoms with van der Waals surface area (Å²) in [7, 11) is -1.94. The van der Waals surface area contributed by atoms with Gasteiger partial charge >= 0.3 is 140 Å². The van der Waals surface area contributed by atoms with Gasteiger partial charge in [-0.05, 0) is 25.7 Å². The predicted octanol–water partition coefficient (Wildman–Crippen LogP) is 9.52. The van der Waals surface area contributed by atoms with E-state index < -0.39 is 7.26 Å². The Labute approximate surface area is 249 Å². The number of hydrogen-bond acceptors (Lipinski definition) is 0. The van der Waals surface area contributed by atoms with Crippen molar-refractivity contribution < 1.29 is 4.48 Å². The van der Waals surface area contributed by atoms with Gasteiger partial charge in [0.25, 0.3) is 0 Å². The molecule has 0 heterocycles. The Morgan fingerprint density at radius 2 is 0.675 bits per heavy atom. The Hall–Kier alpha value is -1.95. The molecular weight excluding hydrogens is 501 g/mol. The van der Waals surface area contributed by atoms with Crippen molar-refractivity contribution in [1.82, 2.24) is 0 Å². The van der Waals surface area contributed by atoms with Crippen LogP contribution in [-0.2, 0) is 0 Å². The van der Waals surface area contributed by atoms with Gasteiger partial charge in [0.15, 0.2) is 0 Å². The summed E-state index contributed by atoms with van der Waals surface area (Å²) in [6, 6.07) is 33.5. The number of rotatable bonds is 18. The average molecular weight is 563 g/mol. The number of quaternary nitrogens is 1. The van der Waals surface area contributed by atoms with Crippen LogP contribution in [0, 0.1) is 0 Å². The van der Waals surface area contributed by atoms with Crippen molar-refractivity contribution in [3.63, 3.8) is 0 Å². The molecule has 0 saturated heterocycles. The van der Waals surface area contributed by atoms with Gasteiger partial charge in [0, 0.05) is 0 Å². The monoisotopic (exact) mass is 562 g/mol. The van der Waals surface area contributed by atoms with Crippen molar-refractivity contribution in [2.24, 2.45) is 0 Å². The molecule has 0 amide bonds. The third kappa shape index (κ3) is 10.5. The first-order valence-electron chi connectivity index (χ1n) is 16.6. The van der Waals surface area contributed by atoms with E-state index >= 15 is 0 Å². The van der Waals surface area contributed by atoms with E-state index in [0.29, 0.717) is 0 Å². The van der Waals surface area contributed by atoms with Crippen molar-refractivity contribution >= 4 is 23.2 Å². The Balaban J connectivity index is 0.000000296. The van der Waals surface area contributed by atoms with E-state index in [1.807, 2.05) is 0 Å². The van der Waals surface area contributed by atoms with Gasteiger partial charge in [0.05, 0.1) is 26.2 Å². The second-order valence-electron chi connectivity index (χ2n) is 11.8. The summed E-state index contributed by atoms with van der Waals surface area (Å²) in [4.78, 5) is 0. The van der Waals surface area contributed by atoms with Gasteiger partial charge in [0.1, 0.15) is 0 Å². The second-order valence-corrected chi connectivity index (χ2v) is 15.8. The molecule has 1 nitrogen and oxygen atoms in total. The fourth-order valence-electron chi connectivity index (χ4n) is 6.19. The van der Waals surface area contributed by atoms with Gasteiger partial charge in [-0.3, -0.25) is 0 Å². The van der Waals surface area contributed by atoms with Crippen molar-refractivity contribution in [1.29, 1.82) is 0 Å². The summed E-state index contributed by atoms with van der Waals surface area (Å²) in [5.41, 5.74) is 0. The first kappa shape index (κ1) is 34.3. The van der Waals surface area contributed by atoms with Gasteiger partial charge < -0.3 is 4.48 Å². The summed E-state index contributed by atoms with van der Waals surface area (Å²) in [6.45, 7) is 17.3. The molecule has 3 aromatic rings. The molecule has 222 valence electrons. The van der Waals surface area contributed by atoms with Gasteiger partial charge in [-0.2, -0.15) is 0 Å². The normalized spacial score (nSPS) is 12.0. The molecule has 0 fully saturated rings. The Morgan fingerprint density at radius 1 is 0.400 bits per heavy atom. The second kappa shape index (κ2) is 20.0. The molecule has 0 saturated carbocycles. The summed E-state index contributed by atoms with van der Waals surface area (Å²) >= 11 is 0. The van der Waals surface area contributed by atoms with E-state index in [9.17, 15) is 0 Å². The van der Waals surface area contributed by atoms with Crippen molar-refractivity contribution in [3.05, 3.63) is 91.0 Å². The van der Waals surface area contributed by atoms with Crippen molar-refractivity contribution in [3.8, 4) is 0 Å². The average Bonchev–Trinajstić information content (AvgIpc) is 3.02. The van der Waals surface area contributed by atoms with Crippen LogP contribution in [0.2, 0.25) is 0 Å². The fourth-order valence-corrected chi connectivity index (χ4v) is 11.2. The molecule has 3 rings (SSSR count). The van der Waals surface area contributed by atoms with Crippen LogP contribution in [0.25, 0.3) is 0 Å². The van der Waals surface area contributed by atoms with Crippen LogP contribution >= 0.6 is 7.26 Å².